The van der Waals surface area contributed by atoms with Crippen molar-refractivity contribution in [1.29, 1.82) is 0 Å². The highest BCUT2D eigenvalue weighted by Gasteiger charge is 2.09. The number of esters is 1. The van der Waals surface area contributed by atoms with E-state index in [0.29, 0.717) is 18.7 Å². The molecule has 4 nitrogen and oxygen atoms in total. The predicted molar refractivity (Wildman–Crippen MR) is 60.3 cm³/mol. The van der Waals surface area contributed by atoms with E-state index in [4.69, 9.17) is 9.47 Å². The van der Waals surface area contributed by atoms with E-state index in [2.05, 4.69) is 4.98 Å². The second-order valence-corrected chi connectivity index (χ2v) is 3.64. The van der Waals surface area contributed by atoms with Crippen molar-refractivity contribution in [2.24, 2.45) is 0 Å². The summed E-state index contributed by atoms with van der Waals surface area (Å²) < 4.78 is 10.1. The quantitative estimate of drug-likeness (QED) is 0.716. The first-order valence-electron chi connectivity index (χ1n) is 5.27. The molecule has 0 amide bonds. The van der Waals surface area contributed by atoms with Gasteiger partial charge < -0.3 is 9.47 Å². The third-order valence-corrected chi connectivity index (χ3v) is 2.26. The molecule has 0 aliphatic rings. The SMILES string of the molecule is CO[C@@H](C)CCOC(=O)c1cccc(C)n1. The van der Waals surface area contributed by atoms with Crippen LogP contribution in [0.4, 0.5) is 0 Å². The van der Waals surface area contributed by atoms with E-state index in [0.717, 1.165) is 5.69 Å². The number of pyridine rings is 1. The van der Waals surface area contributed by atoms with E-state index in [1.807, 2.05) is 19.9 Å². The molecule has 0 aliphatic carbocycles. The lowest BCUT2D eigenvalue weighted by molar-refractivity contribution is 0.0384. The van der Waals surface area contributed by atoms with Gasteiger partial charge in [-0.2, -0.15) is 0 Å². The van der Waals surface area contributed by atoms with Gasteiger partial charge in [0, 0.05) is 19.2 Å². The smallest absolute Gasteiger partial charge is 0.356 e. The summed E-state index contributed by atoms with van der Waals surface area (Å²) in [6, 6.07) is 5.27. The number of rotatable bonds is 5. The van der Waals surface area contributed by atoms with Crippen LogP contribution in [-0.4, -0.2) is 30.8 Å². The van der Waals surface area contributed by atoms with Crippen molar-refractivity contribution >= 4 is 5.97 Å². The number of carbonyl (C=O) groups excluding carboxylic acids is 1. The molecular formula is C12H17NO3. The molecule has 0 aliphatic heterocycles. The second-order valence-electron chi connectivity index (χ2n) is 3.64. The summed E-state index contributed by atoms with van der Waals surface area (Å²) in [4.78, 5) is 15.6. The minimum atomic E-state index is -0.382. The fraction of sp³-hybridized carbons (Fsp3) is 0.500. The fourth-order valence-corrected chi connectivity index (χ4v) is 1.17. The van der Waals surface area contributed by atoms with Gasteiger partial charge >= 0.3 is 5.97 Å². The summed E-state index contributed by atoms with van der Waals surface area (Å²) >= 11 is 0. The average Bonchev–Trinajstić information content (AvgIpc) is 2.28. The Kier molecular flexibility index (Phi) is 4.92. The molecule has 88 valence electrons. The highest BCUT2D eigenvalue weighted by atomic mass is 16.5. The number of ether oxygens (including phenoxy) is 2. The van der Waals surface area contributed by atoms with Gasteiger partial charge in [0.05, 0.1) is 12.7 Å². The fourth-order valence-electron chi connectivity index (χ4n) is 1.17. The van der Waals surface area contributed by atoms with Crippen LogP contribution in [0.3, 0.4) is 0 Å². The monoisotopic (exact) mass is 223 g/mol. The van der Waals surface area contributed by atoms with Crippen molar-refractivity contribution in [3.63, 3.8) is 0 Å². The molecule has 0 saturated carbocycles. The first-order valence-corrected chi connectivity index (χ1v) is 5.27. The van der Waals surface area contributed by atoms with Crippen LogP contribution in [0.25, 0.3) is 0 Å². The van der Waals surface area contributed by atoms with Crippen LogP contribution in [-0.2, 0) is 9.47 Å². The maximum atomic E-state index is 11.5. The largest absolute Gasteiger partial charge is 0.461 e. The molecule has 0 N–H and O–H groups in total. The first-order chi connectivity index (χ1) is 7.63. The van der Waals surface area contributed by atoms with Gasteiger partial charge in [-0.25, -0.2) is 9.78 Å². The summed E-state index contributed by atoms with van der Waals surface area (Å²) in [7, 11) is 1.63. The number of hydrogen-bond donors (Lipinski definition) is 0. The Morgan fingerprint density at radius 1 is 1.50 bits per heavy atom. The van der Waals surface area contributed by atoms with Crippen LogP contribution in [0, 0.1) is 6.92 Å². The van der Waals surface area contributed by atoms with Crippen molar-refractivity contribution in [3.8, 4) is 0 Å². The third kappa shape index (κ3) is 3.98. The first kappa shape index (κ1) is 12.6. The van der Waals surface area contributed by atoms with Crippen LogP contribution in [0.1, 0.15) is 29.5 Å². The van der Waals surface area contributed by atoms with E-state index >= 15 is 0 Å². The van der Waals surface area contributed by atoms with Gasteiger partial charge in [-0.15, -0.1) is 0 Å². The number of methoxy groups -OCH3 is 1. The Labute approximate surface area is 95.6 Å². The Balaban J connectivity index is 2.41. The molecule has 0 bridgehead atoms. The zero-order valence-electron chi connectivity index (χ0n) is 9.90. The molecule has 0 unspecified atom stereocenters. The lowest BCUT2D eigenvalue weighted by atomic mass is 10.3. The summed E-state index contributed by atoms with van der Waals surface area (Å²) in [6.07, 6.45) is 0.784. The van der Waals surface area contributed by atoms with Crippen molar-refractivity contribution in [1.82, 2.24) is 4.98 Å². The van der Waals surface area contributed by atoms with Gasteiger partial charge in [-0.1, -0.05) is 6.07 Å². The highest BCUT2D eigenvalue weighted by Crippen LogP contribution is 2.02. The van der Waals surface area contributed by atoms with Gasteiger partial charge in [0.2, 0.25) is 0 Å². The van der Waals surface area contributed by atoms with Crippen LogP contribution in [0.15, 0.2) is 18.2 Å². The lowest BCUT2D eigenvalue weighted by Gasteiger charge is -2.09. The Morgan fingerprint density at radius 2 is 2.25 bits per heavy atom. The number of aromatic nitrogens is 1. The molecule has 1 atom stereocenters. The Hall–Kier alpha value is -1.42. The molecule has 1 rings (SSSR count). The zero-order chi connectivity index (χ0) is 12.0. The molecule has 0 radical (unpaired) electrons. The lowest BCUT2D eigenvalue weighted by Crippen LogP contribution is -2.13. The molecule has 1 aromatic heterocycles. The number of hydrogen-bond acceptors (Lipinski definition) is 4. The highest BCUT2D eigenvalue weighted by molar-refractivity contribution is 5.87. The van der Waals surface area contributed by atoms with Crippen molar-refractivity contribution < 1.29 is 14.3 Å². The standard InChI is InChI=1S/C12H17NO3/c1-9-5-4-6-11(13-9)12(14)16-8-7-10(2)15-3/h4-6,10H,7-8H2,1-3H3/t10-/m0/s1. The summed E-state index contributed by atoms with van der Waals surface area (Å²) in [5.74, 6) is -0.382. The maximum absolute atomic E-state index is 11.5. The molecule has 0 spiro atoms. The van der Waals surface area contributed by atoms with E-state index < -0.39 is 0 Å². The Morgan fingerprint density at radius 3 is 2.88 bits per heavy atom. The Bertz CT molecular complexity index is 352. The number of nitrogens with zero attached hydrogens (tertiary/aromatic N) is 1. The molecule has 0 aromatic carbocycles. The van der Waals surface area contributed by atoms with Crippen molar-refractivity contribution in [2.45, 2.75) is 26.4 Å². The van der Waals surface area contributed by atoms with E-state index in [9.17, 15) is 4.79 Å². The molecule has 4 heteroatoms. The molecule has 0 fully saturated rings. The van der Waals surface area contributed by atoms with Crippen molar-refractivity contribution in [2.75, 3.05) is 13.7 Å². The molecule has 0 saturated heterocycles. The normalized spacial score (nSPS) is 12.2. The average molecular weight is 223 g/mol. The second kappa shape index (κ2) is 6.23. The van der Waals surface area contributed by atoms with Gasteiger partial charge in [0.15, 0.2) is 0 Å². The summed E-state index contributed by atoms with van der Waals surface area (Å²) in [6.45, 7) is 4.12. The molecule has 16 heavy (non-hydrogen) atoms. The number of aryl methyl sites for hydroxylation is 1. The third-order valence-electron chi connectivity index (χ3n) is 2.26. The summed E-state index contributed by atoms with van der Waals surface area (Å²) in [5.41, 5.74) is 1.16. The van der Waals surface area contributed by atoms with Crippen LogP contribution < -0.4 is 0 Å². The molecular weight excluding hydrogens is 206 g/mol. The minimum absolute atomic E-state index is 0.0956. The van der Waals surface area contributed by atoms with E-state index in [-0.39, 0.29) is 12.1 Å². The van der Waals surface area contributed by atoms with Crippen molar-refractivity contribution in [3.05, 3.63) is 29.6 Å². The minimum Gasteiger partial charge on any atom is -0.461 e. The maximum Gasteiger partial charge on any atom is 0.356 e. The summed E-state index contributed by atoms with van der Waals surface area (Å²) in [5, 5.41) is 0. The van der Waals surface area contributed by atoms with E-state index in [1.54, 1.807) is 19.2 Å². The predicted octanol–water partition coefficient (Wildman–Crippen LogP) is 1.97. The topological polar surface area (TPSA) is 48.4 Å². The van der Waals surface area contributed by atoms with Gasteiger partial charge in [-0.05, 0) is 26.0 Å². The van der Waals surface area contributed by atoms with Crippen LogP contribution >= 0.6 is 0 Å². The van der Waals surface area contributed by atoms with Gasteiger partial charge in [0.1, 0.15) is 5.69 Å². The van der Waals surface area contributed by atoms with E-state index in [1.165, 1.54) is 0 Å². The number of carbonyl (C=O) groups is 1. The van der Waals surface area contributed by atoms with Gasteiger partial charge in [0.25, 0.3) is 0 Å². The molecule has 1 heterocycles. The van der Waals surface area contributed by atoms with Crippen LogP contribution in [0.5, 0.6) is 0 Å². The van der Waals surface area contributed by atoms with Crippen LogP contribution in [0.2, 0.25) is 0 Å². The zero-order valence-corrected chi connectivity index (χ0v) is 9.90. The molecule has 1 aromatic rings. The van der Waals surface area contributed by atoms with Gasteiger partial charge in [-0.3, -0.25) is 0 Å².